The number of carbonyl (C=O) groups excluding carboxylic acids is 2. The minimum absolute atomic E-state index is 0.0262. The van der Waals surface area contributed by atoms with Crippen molar-refractivity contribution in [3.8, 4) is 5.75 Å². The largest absolute Gasteiger partial charge is 0.497 e. The summed E-state index contributed by atoms with van der Waals surface area (Å²) < 4.78 is 7.49. The van der Waals surface area contributed by atoms with Gasteiger partial charge in [0.15, 0.2) is 5.78 Å². The lowest BCUT2D eigenvalue weighted by Crippen LogP contribution is -2.39. The molecule has 1 amide bonds. The molecule has 1 N–H and O–H groups in total. The van der Waals surface area contributed by atoms with Crippen LogP contribution in [0.5, 0.6) is 5.75 Å². The number of benzene rings is 2. The van der Waals surface area contributed by atoms with Gasteiger partial charge in [-0.3, -0.25) is 23.5 Å². The molecule has 0 aliphatic heterocycles. The molecule has 8 nitrogen and oxygen atoms in total. The number of aromatic nitrogens is 2. The van der Waals surface area contributed by atoms with Gasteiger partial charge < -0.3 is 10.1 Å². The smallest absolute Gasteiger partial charge is 0.331 e. The predicted octanol–water partition coefficient (Wildman–Crippen LogP) is 3.63. The van der Waals surface area contributed by atoms with Gasteiger partial charge in [-0.1, -0.05) is 23.7 Å². The normalized spacial score (nSPS) is 10.9. The Morgan fingerprint density at radius 3 is 2.40 bits per heavy atom. The Hall–Kier alpha value is -3.69. The maximum atomic E-state index is 13.1. The van der Waals surface area contributed by atoms with Crippen LogP contribution in [0.25, 0.3) is 10.2 Å². The van der Waals surface area contributed by atoms with E-state index in [4.69, 9.17) is 16.3 Å². The molecule has 2 aromatic carbocycles. The first-order chi connectivity index (χ1) is 16.8. The van der Waals surface area contributed by atoms with Crippen molar-refractivity contribution in [3.05, 3.63) is 96.5 Å². The summed E-state index contributed by atoms with van der Waals surface area (Å²) >= 11 is 6.93. The molecule has 0 bridgehead atoms. The number of amides is 1. The zero-order valence-electron chi connectivity index (χ0n) is 19.0. The molecule has 4 rings (SSSR count). The molecule has 0 atom stereocenters. The average molecular weight is 512 g/mol. The molecule has 0 saturated heterocycles. The topological polar surface area (TPSA) is 99.4 Å². The lowest BCUT2D eigenvalue weighted by Gasteiger charge is -2.08. The third-order valence-corrected chi connectivity index (χ3v) is 7.04. The highest BCUT2D eigenvalue weighted by Crippen LogP contribution is 2.22. The standard InChI is InChI=1S/C25H22ClN3O5S/c1-28-24-19(13-21(35-24)22(31)27-14-15-3-9-18(34-2)10-4-15)23(32)29(25(28)33)12-11-20(30)16-5-7-17(26)8-6-16/h3-10,13H,11-12,14H2,1-2H3,(H,27,31). The highest BCUT2D eigenvalue weighted by atomic mass is 35.5. The molecule has 0 radical (unpaired) electrons. The molecule has 35 heavy (non-hydrogen) atoms. The number of nitrogens with one attached hydrogen (secondary N) is 1. The van der Waals surface area contributed by atoms with Crippen molar-refractivity contribution in [2.45, 2.75) is 19.5 Å². The van der Waals surface area contributed by atoms with Crippen LogP contribution in [0.2, 0.25) is 5.02 Å². The number of methoxy groups -OCH3 is 1. The van der Waals surface area contributed by atoms with Crippen molar-refractivity contribution in [1.82, 2.24) is 14.5 Å². The number of Topliss-reactive ketones (excluding diaryl/α,β-unsaturated/α-hetero) is 1. The van der Waals surface area contributed by atoms with Crippen LogP contribution in [0, 0.1) is 0 Å². The number of carbonyl (C=O) groups is 2. The highest BCUT2D eigenvalue weighted by Gasteiger charge is 2.18. The monoisotopic (exact) mass is 511 g/mol. The molecule has 0 unspecified atom stereocenters. The number of aryl methyl sites for hydroxylation is 1. The zero-order valence-corrected chi connectivity index (χ0v) is 20.6. The quantitative estimate of drug-likeness (QED) is 0.364. The summed E-state index contributed by atoms with van der Waals surface area (Å²) in [6, 6.07) is 15.2. The van der Waals surface area contributed by atoms with Gasteiger partial charge in [-0.05, 0) is 48.0 Å². The van der Waals surface area contributed by atoms with Crippen LogP contribution in [-0.2, 0) is 20.1 Å². The summed E-state index contributed by atoms with van der Waals surface area (Å²) in [5.74, 6) is 0.162. The number of nitrogens with zero attached hydrogens (tertiary/aromatic N) is 2. The van der Waals surface area contributed by atoms with E-state index in [-0.39, 0.29) is 30.0 Å². The van der Waals surface area contributed by atoms with E-state index in [1.54, 1.807) is 43.5 Å². The molecule has 0 aliphatic rings. The second kappa shape index (κ2) is 10.3. The highest BCUT2D eigenvalue weighted by molar-refractivity contribution is 7.20. The van der Waals surface area contributed by atoms with Crippen molar-refractivity contribution in [1.29, 1.82) is 0 Å². The number of rotatable bonds is 8. The summed E-state index contributed by atoms with van der Waals surface area (Å²) in [7, 11) is 3.12. The summed E-state index contributed by atoms with van der Waals surface area (Å²) in [5.41, 5.74) is 0.267. The second-order valence-corrected chi connectivity index (χ2v) is 9.31. The lowest BCUT2D eigenvalue weighted by molar-refractivity contribution is 0.0952. The van der Waals surface area contributed by atoms with Gasteiger partial charge in [0.05, 0.1) is 17.4 Å². The van der Waals surface area contributed by atoms with Crippen molar-refractivity contribution in [3.63, 3.8) is 0 Å². The minimum Gasteiger partial charge on any atom is -0.497 e. The molecule has 2 aromatic heterocycles. The molecule has 10 heteroatoms. The minimum atomic E-state index is -0.543. The van der Waals surface area contributed by atoms with Crippen LogP contribution in [0.1, 0.15) is 32.0 Å². The Balaban J connectivity index is 1.53. The van der Waals surface area contributed by atoms with E-state index < -0.39 is 11.2 Å². The molecular weight excluding hydrogens is 490 g/mol. The lowest BCUT2D eigenvalue weighted by atomic mass is 10.1. The number of hydrogen-bond donors (Lipinski definition) is 1. The molecule has 2 heterocycles. The molecule has 0 spiro atoms. The van der Waals surface area contributed by atoms with Crippen LogP contribution >= 0.6 is 22.9 Å². The molecule has 0 fully saturated rings. The molecule has 180 valence electrons. The van der Waals surface area contributed by atoms with Gasteiger partial charge in [-0.15, -0.1) is 11.3 Å². The van der Waals surface area contributed by atoms with Crippen LogP contribution in [-0.4, -0.2) is 27.9 Å². The van der Waals surface area contributed by atoms with E-state index in [1.165, 1.54) is 17.7 Å². The van der Waals surface area contributed by atoms with Crippen molar-refractivity contribution >= 4 is 44.8 Å². The molecule has 0 saturated carbocycles. The predicted molar refractivity (Wildman–Crippen MR) is 136 cm³/mol. The van der Waals surface area contributed by atoms with E-state index >= 15 is 0 Å². The van der Waals surface area contributed by atoms with E-state index in [1.807, 2.05) is 12.1 Å². The number of thiophene rings is 1. The van der Waals surface area contributed by atoms with E-state index in [0.717, 1.165) is 27.2 Å². The number of ether oxygens (including phenoxy) is 1. The number of halogens is 1. The van der Waals surface area contributed by atoms with Crippen LogP contribution < -0.4 is 21.3 Å². The first kappa shape index (κ1) is 24.4. The first-order valence-electron chi connectivity index (χ1n) is 10.7. The van der Waals surface area contributed by atoms with Crippen molar-refractivity contribution in [2.75, 3.05) is 7.11 Å². The van der Waals surface area contributed by atoms with Crippen LogP contribution in [0.15, 0.2) is 64.2 Å². The number of hydrogen-bond acceptors (Lipinski definition) is 6. The average Bonchev–Trinajstić information content (AvgIpc) is 3.33. The van der Waals surface area contributed by atoms with Gasteiger partial charge in [0.2, 0.25) is 0 Å². The Kier molecular flexibility index (Phi) is 7.18. The van der Waals surface area contributed by atoms with E-state index in [9.17, 15) is 19.2 Å². The van der Waals surface area contributed by atoms with Crippen molar-refractivity contribution < 1.29 is 14.3 Å². The Morgan fingerprint density at radius 2 is 1.74 bits per heavy atom. The zero-order chi connectivity index (χ0) is 25.1. The molecule has 4 aromatic rings. The van der Waals surface area contributed by atoms with Gasteiger partial charge in [-0.2, -0.15) is 0 Å². The van der Waals surface area contributed by atoms with E-state index in [2.05, 4.69) is 5.32 Å². The molecular formula is C25H22ClN3O5S. The van der Waals surface area contributed by atoms with Gasteiger partial charge in [-0.25, -0.2) is 4.79 Å². The summed E-state index contributed by atoms with van der Waals surface area (Å²) in [4.78, 5) is 51.8. The summed E-state index contributed by atoms with van der Waals surface area (Å²) in [6.07, 6.45) is -0.0262. The Morgan fingerprint density at radius 1 is 1.06 bits per heavy atom. The fourth-order valence-corrected chi connectivity index (χ4v) is 4.75. The third kappa shape index (κ3) is 5.21. The fourth-order valence-electron chi connectivity index (χ4n) is 3.60. The Bertz CT molecular complexity index is 1520. The third-order valence-electron chi connectivity index (χ3n) is 5.58. The summed E-state index contributed by atoms with van der Waals surface area (Å²) in [5, 5.41) is 3.59. The Labute approximate surface area is 209 Å². The maximum absolute atomic E-state index is 13.1. The summed E-state index contributed by atoms with van der Waals surface area (Å²) in [6.45, 7) is 0.227. The number of fused-ring (bicyclic) bond motifs is 1. The van der Waals surface area contributed by atoms with Gasteiger partial charge in [0.1, 0.15) is 10.6 Å². The van der Waals surface area contributed by atoms with Gasteiger partial charge >= 0.3 is 5.69 Å². The first-order valence-corrected chi connectivity index (χ1v) is 11.9. The maximum Gasteiger partial charge on any atom is 0.331 e. The van der Waals surface area contributed by atoms with Crippen molar-refractivity contribution in [2.24, 2.45) is 7.05 Å². The van der Waals surface area contributed by atoms with Gasteiger partial charge in [0.25, 0.3) is 11.5 Å². The SMILES string of the molecule is COc1ccc(CNC(=O)c2cc3c(=O)n(CCC(=O)c4ccc(Cl)cc4)c(=O)n(C)c3s2)cc1. The second-order valence-electron chi connectivity index (χ2n) is 7.84. The van der Waals surface area contributed by atoms with Gasteiger partial charge in [0, 0.05) is 37.1 Å². The number of ketones is 1. The van der Waals surface area contributed by atoms with Crippen LogP contribution in [0.4, 0.5) is 0 Å². The van der Waals surface area contributed by atoms with E-state index in [0.29, 0.717) is 26.8 Å². The van der Waals surface area contributed by atoms with Crippen LogP contribution in [0.3, 0.4) is 0 Å². The fraction of sp³-hybridized carbons (Fsp3) is 0.200. The molecule has 0 aliphatic carbocycles.